The van der Waals surface area contributed by atoms with Crippen LogP contribution in [0.25, 0.3) is 0 Å². The van der Waals surface area contributed by atoms with Crippen molar-refractivity contribution < 1.29 is 14.3 Å². The molecule has 112 valence electrons. The van der Waals surface area contributed by atoms with Crippen LogP contribution in [0.2, 0.25) is 0 Å². The van der Waals surface area contributed by atoms with Crippen LogP contribution in [0, 0.1) is 0 Å². The SMILES string of the molecule is CCCc1sc(C(=O)NC(C)C(=O)OCC)cc1CC. The van der Waals surface area contributed by atoms with Crippen molar-refractivity contribution in [3.05, 3.63) is 21.4 Å². The molecule has 1 atom stereocenters. The molecule has 0 saturated heterocycles. The summed E-state index contributed by atoms with van der Waals surface area (Å²) in [5.74, 6) is -0.602. The van der Waals surface area contributed by atoms with Gasteiger partial charge in [0.1, 0.15) is 6.04 Å². The van der Waals surface area contributed by atoms with E-state index in [1.54, 1.807) is 13.8 Å². The molecule has 0 saturated carbocycles. The molecule has 1 amide bonds. The Balaban J connectivity index is 2.74. The van der Waals surface area contributed by atoms with E-state index in [4.69, 9.17) is 4.74 Å². The molecule has 20 heavy (non-hydrogen) atoms. The first-order chi connectivity index (χ1) is 9.53. The lowest BCUT2D eigenvalue weighted by molar-refractivity contribution is -0.144. The minimum Gasteiger partial charge on any atom is -0.464 e. The highest BCUT2D eigenvalue weighted by atomic mass is 32.1. The molecule has 1 aromatic rings. The second-order valence-corrected chi connectivity index (χ2v) is 5.75. The number of ether oxygens (including phenoxy) is 1. The van der Waals surface area contributed by atoms with Crippen molar-refractivity contribution in [2.45, 2.75) is 53.0 Å². The second-order valence-electron chi connectivity index (χ2n) is 4.61. The molecule has 0 bridgehead atoms. The molecule has 1 unspecified atom stereocenters. The van der Waals surface area contributed by atoms with Crippen LogP contribution in [0.3, 0.4) is 0 Å². The molecule has 1 heterocycles. The number of carbonyl (C=O) groups is 2. The quantitative estimate of drug-likeness (QED) is 0.787. The maximum Gasteiger partial charge on any atom is 0.328 e. The van der Waals surface area contributed by atoms with Crippen molar-refractivity contribution in [2.24, 2.45) is 0 Å². The van der Waals surface area contributed by atoms with Gasteiger partial charge in [-0.2, -0.15) is 0 Å². The Labute approximate surface area is 124 Å². The molecule has 0 fully saturated rings. The van der Waals surface area contributed by atoms with E-state index < -0.39 is 12.0 Å². The van der Waals surface area contributed by atoms with E-state index in [-0.39, 0.29) is 5.91 Å². The zero-order chi connectivity index (χ0) is 15.1. The Morgan fingerprint density at radius 3 is 2.60 bits per heavy atom. The van der Waals surface area contributed by atoms with Crippen LogP contribution in [-0.2, 0) is 22.4 Å². The lowest BCUT2D eigenvalue weighted by atomic mass is 10.1. The van der Waals surface area contributed by atoms with Gasteiger partial charge in [0.05, 0.1) is 11.5 Å². The Kier molecular flexibility index (Phi) is 6.71. The van der Waals surface area contributed by atoms with Gasteiger partial charge in [-0.3, -0.25) is 4.79 Å². The smallest absolute Gasteiger partial charge is 0.328 e. The van der Waals surface area contributed by atoms with Gasteiger partial charge in [0, 0.05) is 4.88 Å². The number of nitrogens with one attached hydrogen (secondary N) is 1. The molecule has 0 aliphatic rings. The van der Waals surface area contributed by atoms with Gasteiger partial charge in [-0.15, -0.1) is 11.3 Å². The van der Waals surface area contributed by atoms with Gasteiger partial charge in [0.25, 0.3) is 5.91 Å². The standard InChI is InChI=1S/C15H23NO3S/c1-5-8-12-11(6-2)9-13(20-12)14(17)16-10(4)15(18)19-7-3/h9-10H,5-8H2,1-4H3,(H,16,17). The van der Waals surface area contributed by atoms with Crippen molar-refractivity contribution in [1.29, 1.82) is 0 Å². The number of amides is 1. The summed E-state index contributed by atoms with van der Waals surface area (Å²) < 4.78 is 4.88. The van der Waals surface area contributed by atoms with Crippen LogP contribution in [0.5, 0.6) is 0 Å². The van der Waals surface area contributed by atoms with E-state index in [0.29, 0.717) is 11.5 Å². The highest BCUT2D eigenvalue weighted by molar-refractivity contribution is 7.14. The molecular formula is C15H23NO3S. The summed E-state index contributed by atoms with van der Waals surface area (Å²) in [4.78, 5) is 25.6. The maximum atomic E-state index is 12.1. The van der Waals surface area contributed by atoms with E-state index in [9.17, 15) is 9.59 Å². The summed E-state index contributed by atoms with van der Waals surface area (Å²) in [6.07, 6.45) is 2.98. The van der Waals surface area contributed by atoms with E-state index in [1.807, 2.05) is 6.07 Å². The highest BCUT2D eigenvalue weighted by Gasteiger charge is 2.19. The van der Waals surface area contributed by atoms with Gasteiger partial charge in [0.15, 0.2) is 0 Å². The number of hydrogen-bond acceptors (Lipinski definition) is 4. The van der Waals surface area contributed by atoms with Crippen molar-refractivity contribution in [2.75, 3.05) is 6.61 Å². The van der Waals surface area contributed by atoms with Crippen molar-refractivity contribution in [1.82, 2.24) is 5.32 Å². The zero-order valence-corrected chi connectivity index (χ0v) is 13.4. The first kappa shape index (κ1) is 16.7. The molecule has 0 spiro atoms. The third-order valence-corrected chi connectivity index (χ3v) is 4.20. The largest absolute Gasteiger partial charge is 0.464 e. The summed E-state index contributed by atoms with van der Waals surface area (Å²) in [6, 6.07) is 1.31. The summed E-state index contributed by atoms with van der Waals surface area (Å²) >= 11 is 1.52. The fraction of sp³-hybridized carbons (Fsp3) is 0.600. The third-order valence-electron chi connectivity index (χ3n) is 2.97. The van der Waals surface area contributed by atoms with E-state index in [1.165, 1.54) is 21.8 Å². The van der Waals surface area contributed by atoms with Crippen molar-refractivity contribution in [3.63, 3.8) is 0 Å². The molecule has 0 aliphatic heterocycles. The van der Waals surface area contributed by atoms with Gasteiger partial charge in [-0.1, -0.05) is 20.3 Å². The summed E-state index contributed by atoms with van der Waals surface area (Å²) in [5, 5.41) is 2.68. The first-order valence-electron chi connectivity index (χ1n) is 7.12. The van der Waals surface area contributed by atoms with E-state index >= 15 is 0 Å². The number of thiophene rings is 1. The van der Waals surface area contributed by atoms with Gasteiger partial charge < -0.3 is 10.1 Å². The topological polar surface area (TPSA) is 55.4 Å². The predicted molar refractivity (Wildman–Crippen MR) is 81.3 cm³/mol. The van der Waals surface area contributed by atoms with Gasteiger partial charge in [-0.05, 0) is 38.3 Å². The third kappa shape index (κ3) is 4.34. The highest BCUT2D eigenvalue weighted by Crippen LogP contribution is 2.24. The second kappa shape index (κ2) is 8.04. The molecule has 4 nitrogen and oxygen atoms in total. The van der Waals surface area contributed by atoms with E-state index in [2.05, 4.69) is 19.2 Å². The minimum atomic E-state index is -0.621. The lowest BCUT2D eigenvalue weighted by Gasteiger charge is -2.11. The van der Waals surface area contributed by atoms with E-state index in [0.717, 1.165) is 19.3 Å². The van der Waals surface area contributed by atoms with Crippen LogP contribution >= 0.6 is 11.3 Å². The number of rotatable bonds is 7. The molecule has 1 aromatic heterocycles. The average molecular weight is 297 g/mol. The fourth-order valence-electron chi connectivity index (χ4n) is 1.91. The molecule has 0 aliphatic carbocycles. The lowest BCUT2D eigenvalue weighted by Crippen LogP contribution is -2.39. The molecule has 1 rings (SSSR count). The van der Waals surface area contributed by atoms with Crippen LogP contribution in [-0.4, -0.2) is 24.5 Å². The molecule has 1 N–H and O–H groups in total. The maximum absolute atomic E-state index is 12.1. The Morgan fingerprint density at radius 2 is 2.05 bits per heavy atom. The summed E-state index contributed by atoms with van der Waals surface area (Å²) in [7, 11) is 0. The number of aryl methyl sites for hydroxylation is 2. The fourth-order valence-corrected chi connectivity index (χ4v) is 3.17. The normalized spacial score (nSPS) is 12.0. The average Bonchev–Trinajstić information content (AvgIpc) is 2.82. The predicted octanol–water partition coefficient (Wildman–Crippen LogP) is 2.94. The molecule has 0 radical (unpaired) electrons. The monoisotopic (exact) mass is 297 g/mol. The molecular weight excluding hydrogens is 274 g/mol. The van der Waals surface area contributed by atoms with Crippen LogP contribution in [0.4, 0.5) is 0 Å². The number of carbonyl (C=O) groups excluding carboxylic acids is 2. The first-order valence-corrected chi connectivity index (χ1v) is 7.94. The number of esters is 1. The van der Waals surface area contributed by atoms with Gasteiger partial charge in [-0.25, -0.2) is 4.79 Å². The Hall–Kier alpha value is -1.36. The van der Waals surface area contributed by atoms with Crippen molar-refractivity contribution in [3.8, 4) is 0 Å². The Morgan fingerprint density at radius 1 is 1.35 bits per heavy atom. The summed E-state index contributed by atoms with van der Waals surface area (Å²) in [5.41, 5.74) is 1.23. The Bertz CT molecular complexity index is 468. The molecule has 5 heteroatoms. The van der Waals surface area contributed by atoms with Crippen LogP contribution in [0.1, 0.15) is 54.2 Å². The van der Waals surface area contributed by atoms with Crippen molar-refractivity contribution >= 4 is 23.2 Å². The van der Waals surface area contributed by atoms with Gasteiger partial charge in [0.2, 0.25) is 0 Å². The summed E-state index contributed by atoms with van der Waals surface area (Å²) in [6.45, 7) is 7.91. The van der Waals surface area contributed by atoms with Crippen LogP contribution in [0.15, 0.2) is 6.07 Å². The molecule has 0 aromatic carbocycles. The zero-order valence-electron chi connectivity index (χ0n) is 12.6. The van der Waals surface area contributed by atoms with Crippen LogP contribution < -0.4 is 5.32 Å². The number of hydrogen-bond donors (Lipinski definition) is 1. The van der Waals surface area contributed by atoms with Gasteiger partial charge >= 0.3 is 5.97 Å². The minimum absolute atomic E-state index is 0.201.